The van der Waals surface area contributed by atoms with E-state index in [2.05, 4.69) is 40.2 Å². The molecule has 1 amide bonds. The molecular formula is C28H39N3O3. The molecule has 0 bridgehead atoms. The van der Waals surface area contributed by atoms with Crippen LogP contribution < -0.4 is 14.8 Å². The average Bonchev–Trinajstić information content (AvgIpc) is 3.22. The second kappa shape index (κ2) is 11.2. The van der Waals surface area contributed by atoms with Crippen molar-refractivity contribution < 1.29 is 14.3 Å². The first kappa shape index (κ1) is 24.6. The molecule has 2 aliphatic heterocycles. The van der Waals surface area contributed by atoms with E-state index in [0.29, 0.717) is 24.0 Å². The number of carbonyl (C=O) groups is 1. The molecule has 6 heteroatoms. The van der Waals surface area contributed by atoms with E-state index in [1.165, 1.54) is 24.0 Å². The van der Waals surface area contributed by atoms with Crippen molar-refractivity contribution in [3.05, 3.63) is 58.7 Å². The maximum atomic E-state index is 13.7. The summed E-state index contributed by atoms with van der Waals surface area (Å²) in [5, 5.41) is 3.24. The highest BCUT2D eigenvalue weighted by Gasteiger charge is 2.36. The van der Waals surface area contributed by atoms with E-state index < -0.39 is 0 Å². The summed E-state index contributed by atoms with van der Waals surface area (Å²) in [6, 6.07) is 12.4. The molecule has 2 aromatic carbocycles. The van der Waals surface area contributed by atoms with E-state index in [0.717, 1.165) is 50.1 Å². The van der Waals surface area contributed by atoms with Crippen LogP contribution in [0.2, 0.25) is 0 Å². The Kier molecular flexibility index (Phi) is 8.11. The van der Waals surface area contributed by atoms with Gasteiger partial charge in [0.1, 0.15) is 0 Å². The van der Waals surface area contributed by atoms with Crippen LogP contribution in [-0.2, 0) is 6.54 Å². The van der Waals surface area contributed by atoms with Gasteiger partial charge in [-0.15, -0.1) is 0 Å². The van der Waals surface area contributed by atoms with Gasteiger partial charge in [-0.25, -0.2) is 0 Å². The number of methoxy groups -OCH3 is 2. The molecule has 0 unspecified atom stereocenters. The van der Waals surface area contributed by atoms with Gasteiger partial charge in [-0.2, -0.15) is 0 Å². The molecule has 0 spiro atoms. The SMILES string of the molecule is CCN1CCC(c2cccc3c2CN([C@H](CCCNC)c2ccc(OC)c(OC)c2)C3=O)CC1. The number of nitrogens with zero attached hydrogens (tertiary/aromatic N) is 2. The standard InChI is InChI=1S/C28H39N3O3/c1-5-30-16-13-20(14-17-30)22-8-6-9-23-24(22)19-31(28(23)32)25(10-7-15-29-2)21-11-12-26(33-3)27(18-21)34-4/h6,8-9,11-12,18,20,25,29H,5,7,10,13-17,19H2,1-4H3/t25-/m1/s1. The normalized spacial score (nSPS) is 17.6. The molecule has 0 aromatic heterocycles. The van der Waals surface area contributed by atoms with Gasteiger partial charge in [0.15, 0.2) is 11.5 Å². The molecule has 4 rings (SSSR count). The van der Waals surface area contributed by atoms with Crippen LogP contribution in [0.4, 0.5) is 0 Å². The molecule has 2 aromatic rings. The highest BCUT2D eigenvalue weighted by Crippen LogP contribution is 2.41. The summed E-state index contributed by atoms with van der Waals surface area (Å²) in [6.07, 6.45) is 4.21. The Labute approximate surface area is 204 Å². The Morgan fingerprint density at radius 2 is 1.85 bits per heavy atom. The number of ether oxygens (including phenoxy) is 2. The van der Waals surface area contributed by atoms with Gasteiger partial charge in [0.05, 0.1) is 20.3 Å². The van der Waals surface area contributed by atoms with E-state index >= 15 is 0 Å². The minimum absolute atomic E-state index is 0.0113. The summed E-state index contributed by atoms with van der Waals surface area (Å²) in [7, 11) is 5.28. The first-order valence-corrected chi connectivity index (χ1v) is 12.6. The zero-order valence-electron chi connectivity index (χ0n) is 21.1. The molecule has 0 aliphatic carbocycles. The first-order valence-electron chi connectivity index (χ1n) is 12.6. The Balaban J connectivity index is 1.63. The second-order valence-electron chi connectivity index (χ2n) is 9.39. The zero-order chi connectivity index (χ0) is 24.1. The average molecular weight is 466 g/mol. The smallest absolute Gasteiger partial charge is 0.255 e. The number of benzene rings is 2. The Bertz CT molecular complexity index is 985. The minimum Gasteiger partial charge on any atom is -0.493 e. The van der Waals surface area contributed by atoms with Crippen molar-refractivity contribution in [2.45, 2.75) is 51.1 Å². The Morgan fingerprint density at radius 1 is 1.09 bits per heavy atom. The third-order valence-electron chi connectivity index (χ3n) is 7.58. The van der Waals surface area contributed by atoms with Crippen LogP contribution in [0.3, 0.4) is 0 Å². The van der Waals surface area contributed by atoms with Crippen molar-refractivity contribution in [3.63, 3.8) is 0 Å². The van der Waals surface area contributed by atoms with Crippen molar-refractivity contribution in [2.24, 2.45) is 0 Å². The van der Waals surface area contributed by atoms with E-state index in [1.807, 2.05) is 25.2 Å². The molecule has 34 heavy (non-hydrogen) atoms. The highest BCUT2D eigenvalue weighted by atomic mass is 16.5. The molecule has 0 radical (unpaired) electrons. The predicted molar refractivity (Wildman–Crippen MR) is 136 cm³/mol. The van der Waals surface area contributed by atoms with Gasteiger partial charge in [0, 0.05) is 12.1 Å². The minimum atomic E-state index is -0.0113. The molecule has 2 heterocycles. The van der Waals surface area contributed by atoms with Crippen molar-refractivity contribution in [2.75, 3.05) is 47.4 Å². The summed E-state index contributed by atoms with van der Waals surface area (Å²) in [5.74, 6) is 2.09. The topological polar surface area (TPSA) is 54.0 Å². The van der Waals surface area contributed by atoms with Crippen molar-refractivity contribution in [1.29, 1.82) is 0 Å². The van der Waals surface area contributed by atoms with Crippen molar-refractivity contribution >= 4 is 5.91 Å². The van der Waals surface area contributed by atoms with E-state index in [4.69, 9.17) is 9.47 Å². The second-order valence-corrected chi connectivity index (χ2v) is 9.39. The van der Waals surface area contributed by atoms with Gasteiger partial charge in [-0.1, -0.05) is 25.1 Å². The number of fused-ring (bicyclic) bond motifs is 1. The summed E-state index contributed by atoms with van der Waals surface area (Å²) in [6.45, 7) is 7.23. The molecule has 1 saturated heterocycles. The third kappa shape index (κ3) is 4.93. The molecule has 6 nitrogen and oxygen atoms in total. The number of hydrogen-bond donors (Lipinski definition) is 1. The van der Waals surface area contributed by atoms with Crippen molar-refractivity contribution in [1.82, 2.24) is 15.1 Å². The third-order valence-corrected chi connectivity index (χ3v) is 7.58. The lowest BCUT2D eigenvalue weighted by Crippen LogP contribution is -2.33. The van der Waals surface area contributed by atoms with Crippen molar-refractivity contribution in [3.8, 4) is 11.5 Å². The van der Waals surface area contributed by atoms with Crippen LogP contribution in [-0.4, -0.2) is 63.2 Å². The van der Waals surface area contributed by atoms with Gasteiger partial charge < -0.3 is 24.6 Å². The van der Waals surface area contributed by atoms with E-state index in [-0.39, 0.29) is 11.9 Å². The monoisotopic (exact) mass is 465 g/mol. The molecule has 1 N–H and O–H groups in total. The van der Waals surface area contributed by atoms with Crippen LogP contribution >= 0.6 is 0 Å². The predicted octanol–water partition coefficient (Wildman–Crippen LogP) is 4.60. The molecule has 2 aliphatic rings. The molecule has 1 atom stereocenters. The zero-order valence-corrected chi connectivity index (χ0v) is 21.1. The molecular weight excluding hydrogens is 426 g/mol. The van der Waals surface area contributed by atoms with Crippen LogP contribution in [0.5, 0.6) is 11.5 Å². The number of hydrogen-bond acceptors (Lipinski definition) is 5. The van der Waals surface area contributed by atoms with E-state index in [9.17, 15) is 4.79 Å². The number of amides is 1. The first-order chi connectivity index (χ1) is 16.6. The fourth-order valence-corrected chi connectivity index (χ4v) is 5.61. The lowest BCUT2D eigenvalue weighted by molar-refractivity contribution is 0.0689. The van der Waals surface area contributed by atoms with Gasteiger partial charge in [-0.3, -0.25) is 4.79 Å². The largest absolute Gasteiger partial charge is 0.493 e. The van der Waals surface area contributed by atoms with E-state index in [1.54, 1.807) is 14.2 Å². The fourth-order valence-electron chi connectivity index (χ4n) is 5.61. The Morgan fingerprint density at radius 3 is 2.53 bits per heavy atom. The van der Waals surface area contributed by atoms with Crippen LogP contribution in [0.1, 0.15) is 71.6 Å². The Hall–Kier alpha value is -2.57. The number of carbonyl (C=O) groups excluding carboxylic acids is 1. The highest BCUT2D eigenvalue weighted by molar-refractivity contribution is 5.99. The summed E-state index contributed by atoms with van der Waals surface area (Å²) < 4.78 is 11.0. The van der Waals surface area contributed by atoms with Gasteiger partial charge in [0.2, 0.25) is 0 Å². The maximum Gasteiger partial charge on any atom is 0.255 e. The molecule has 0 saturated carbocycles. The van der Waals surface area contributed by atoms with Gasteiger partial charge in [-0.05, 0) is 99.7 Å². The summed E-state index contributed by atoms with van der Waals surface area (Å²) >= 11 is 0. The summed E-state index contributed by atoms with van der Waals surface area (Å²) in [5.41, 5.74) is 4.59. The molecule has 184 valence electrons. The number of likely N-dealkylation sites (tertiary alicyclic amines) is 1. The van der Waals surface area contributed by atoms with Crippen LogP contribution in [0, 0.1) is 0 Å². The number of piperidine rings is 1. The lowest BCUT2D eigenvalue weighted by atomic mass is 9.85. The fraction of sp³-hybridized carbons (Fsp3) is 0.536. The number of nitrogens with one attached hydrogen (secondary N) is 1. The number of rotatable bonds is 10. The van der Waals surface area contributed by atoms with Gasteiger partial charge in [0.25, 0.3) is 5.91 Å². The molecule has 1 fully saturated rings. The lowest BCUT2D eigenvalue weighted by Gasteiger charge is -2.32. The summed E-state index contributed by atoms with van der Waals surface area (Å²) in [4.78, 5) is 18.3. The van der Waals surface area contributed by atoms with Gasteiger partial charge >= 0.3 is 0 Å². The van der Waals surface area contributed by atoms with Crippen LogP contribution in [0.25, 0.3) is 0 Å². The quantitative estimate of drug-likeness (QED) is 0.520. The van der Waals surface area contributed by atoms with Crippen LogP contribution in [0.15, 0.2) is 36.4 Å². The maximum absolute atomic E-state index is 13.7.